The van der Waals surface area contributed by atoms with Crippen LogP contribution in [0.1, 0.15) is 11.9 Å². The van der Waals surface area contributed by atoms with Gasteiger partial charge in [0, 0.05) is 5.56 Å². The van der Waals surface area contributed by atoms with Crippen LogP contribution in [0.2, 0.25) is 0 Å². The fourth-order valence-corrected chi connectivity index (χ4v) is 1.67. The van der Waals surface area contributed by atoms with E-state index in [2.05, 4.69) is 0 Å². The normalized spacial score (nSPS) is 35.9. The lowest BCUT2D eigenvalue weighted by Gasteiger charge is -2.09. The first-order valence-electron chi connectivity index (χ1n) is 4.87. The maximum Gasteiger partial charge on any atom is 0.184 e. The van der Waals surface area contributed by atoms with Gasteiger partial charge in [0.1, 0.15) is 12.2 Å². The predicted octanol–water partition coefficient (Wildman–Crippen LogP) is 1.50. The van der Waals surface area contributed by atoms with Gasteiger partial charge in [-0.05, 0) is 0 Å². The molecule has 0 aromatic heterocycles. The summed E-state index contributed by atoms with van der Waals surface area (Å²) in [7, 11) is 0. The molecule has 0 bridgehead atoms. The highest BCUT2D eigenvalue weighted by Gasteiger charge is 2.40. The molecule has 2 heterocycles. The smallest absolute Gasteiger partial charge is 0.184 e. The highest BCUT2D eigenvalue weighted by Crippen LogP contribution is 2.31. The van der Waals surface area contributed by atoms with Crippen molar-refractivity contribution >= 4 is 0 Å². The first-order chi connectivity index (χ1) is 6.93. The highest BCUT2D eigenvalue weighted by molar-refractivity contribution is 5.16. The Balaban J connectivity index is 1.70. The molecule has 2 aliphatic heterocycles. The predicted molar refractivity (Wildman–Crippen MR) is 49.7 cm³/mol. The Morgan fingerprint density at radius 3 is 2.43 bits per heavy atom. The van der Waals surface area contributed by atoms with Crippen LogP contribution in [0.15, 0.2) is 30.3 Å². The SMILES string of the molecule is c1ccc(C2OC[C@H]([C@H]3CO3)O2)cc1. The van der Waals surface area contributed by atoms with Crippen LogP contribution >= 0.6 is 0 Å². The average Bonchev–Trinajstić information content (AvgIpc) is 2.98. The number of rotatable bonds is 2. The van der Waals surface area contributed by atoms with Gasteiger partial charge in [-0.3, -0.25) is 0 Å². The molecule has 74 valence electrons. The molecule has 2 aliphatic rings. The quantitative estimate of drug-likeness (QED) is 0.665. The summed E-state index contributed by atoms with van der Waals surface area (Å²) in [6.45, 7) is 1.46. The largest absolute Gasteiger partial charge is 0.370 e. The van der Waals surface area contributed by atoms with Crippen molar-refractivity contribution in [2.75, 3.05) is 13.2 Å². The summed E-state index contributed by atoms with van der Waals surface area (Å²) < 4.78 is 16.4. The molecule has 0 amide bonds. The first kappa shape index (κ1) is 8.41. The van der Waals surface area contributed by atoms with Gasteiger partial charge in [-0.1, -0.05) is 30.3 Å². The molecule has 0 radical (unpaired) electrons. The van der Waals surface area contributed by atoms with Crippen LogP contribution in [-0.2, 0) is 14.2 Å². The molecule has 3 heteroatoms. The third-order valence-electron chi connectivity index (χ3n) is 2.56. The van der Waals surface area contributed by atoms with E-state index in [-0.39, 0.29) is 18.5 Å². The summed E-state index contributed by atoms with van der Waals surface area (Å²) in [5.74, 6) is 0. The van der Waals surface area contributed by atoms with Crippen molar-refractivity contribution in [3.05, 3.63) is 35.9 Å². The lowest BCUT2D eigenvalue weighted by molar-refractivity contribution is -0.0636. The monoisotopic (exact) mass is 192 g/mol. The first-order valence-corrected chi connectivity index (χ1v) is 4.87. The van der Waals surface area contributed by atoms with E-state index in [1.807, 2.05) is 30.3 Å². The van der Waals surface area contributed by atoms with E-state index < -0.39 is 0 Å². The minimum absolute atomic E-state index is 0.125. The summed E-state index contributed by atoms with van der Waals surface area (Å²) in [6.07, 6.45) is 0.189. The van der Waals surface area contributed by atoms with Crippen LogP contribution in [0.25, 0.3) is 0 Å². The Kier molecular flexibility index (Phi) is 2.01. The van der Waals surface area contributed by atoms with E-state index in [9.17, 15) is 0 Å². The van der Waals surface area contributed by atoms with Crippen molar-refractivity contribution in [3.8, 4) is 0 Å². The summed E-state index contributed by atoms with van der Waals surface area (Å²) in [5.41, 5.74) is 1.08. The van der Waals surface area contributed by atoms with Crippen molar-refractivity contribution in [1.29, 1.82) is 0 Å². The van der Waals surface area contributed by atoms with Gasteiger partial charge in [0.05, 0.1) is 13.2 Å². The van der Waals surface area contributed by atoms with Crippen molar-refractivity contribution in [2.24, 2.45) is 0 Å². The standard InChI is InChI=1S/C11H12O3/c1-2-4-8(5-3-1)11-13-7-10(14-11)9-6-12-9/h1-5,9-11H,6-7H2/t9-,10-,11?/m1/s1. The van der Waals surface area contributed by atoms with Gasteiger partial charge in [0.15, 0.2) is 6.29 Å². The number of hydrogen-bond donors (Lipinski definition) is 0. The molecule has 1 unspecified atom stereocenters. The molecule has 3 atom stereocenters. The fraction of sp³-hybridized carbons (Fsp3) is 0.455. The highest BCUT2D eigenvalue weighted by atomic mass is 16.7. The zero-order chi connectivity index (χ0) is 9.38. The molecule has 0 aliphatic carbocycles. The molecule has 0 saturated carbocycles. The summed E-state index contributed by atoms with van der Waals surface area (Å²) in [6, 6.07) is 9.99. The summed E-state index contributed by atoms with van der Waals surface area (Å²) in [4.78, 5) is 0. The third-order valence-corrected chi connectivity index (χ3v) is 2.56. The van der Waals surface area contributed by atoms with E-state index in [0.717, 1.165) is 12.2 Å². The van der Waals surface area contributed by atoms with Crippen LogP contribution in [0.4, 0.5) is 0 Å². The molecular weight excluding hydrogens is 180 g/mol. The second-order valence-electron chi connectivity index (χ2n) is 3.62. The van der Waals surface area contributed by atoms with Gasteiger partial charge >= 0.3 is 0 Å². The van der Waals surface area contributed by atoms with Gasteiger partial charge in [-0.25, -0.2) is 0 Å². The van der Waals surface area contributed by atoms with E-state index in [4.69, 9.17) is 14.2 Å². The van der Waals surface area contributed by atoms with Crippen LogP contribution in [-0.4, -0.2) is 25.4 Å². The zero-order valence-corrected chi connectivity index (χ0v) is 7.76. The molecule has 3 nitrogen and oxygen atoms in total. The van der Waals surface area contributed by atoms with E-state index >= 15 is 0 Å². The lowest BCUT2D eigenvalue weighted by atomic mass is 10.2. The number of ether oxygens (including phenoxy) is 3. The number of benzene rings is 1. The fourth-order valence-electron chi connectivity index (χ4n) is 1.67. The summed E-state index contributed by atoms with van der Waals surface area (Å²) >= 11 is 0. The van der Waals surface area contributed by atoms with Gasteiger partial charge < -0.3 is 14.2 Å². The second-order valence-corrected chi connectivity index (χ2v) is 3.62. The Morgan fingerprint density at radius 2 is 1.71 bits per heavy atom. The Hall–Kier alpha value is -0.900. The van der Waals surface area contributed by atoms with E-state index in [1.54, 1.807) is 0 Å². The Morgan fingerprint density at radius 1 is 0.929 bits per heavy atom. The molecule has 0 spiro atoms. The summed E-state index contributed by atoms with van der Waals surface area (Å²) in [5, 5.41) is 0. The maximum atomic E-state index is 5.72. The zero-order valence-electron chi connectivity index (χ0n) is 7.76. The van der Waals surface area contributed by atoms with E-state index in [0.29, 0.717) is 6.61 Å². The number of hydrogen-bond acceptors (Lipinski definition) is 3. The third kappa shape index (κ3) is 1.54. The minimum Gasteiger partial charge on any atom is -0.370 e. The van der Waals surface area contributed by atoms with Gasteiger partial charge in [0.2, 0.25) is 0 Å². The lowest BCUT2D eigenvalue weighted by Crippen LogP contribution is -2.17. The molecule has 1 aromatic rings. The van der Waals surface area contributed by atoms with Gasteiger partial charge in [0.25, 0.3) is 0 Å². The molecule has 2 fully saturated rings. The number of epoxide rings is 1. The van der Waals surface area contributed by atoms with Crippen LogP contribution < -0.4 is 0 Å². The van der Waals surface area contributed by atoms with Crippen molar-refractivity contribution in [1.82, 2.24) is 0 Å². The van der Waals surface area contributed by atoms with Crippen LogP contribution in [0, 0.1) is 0 Å². The Labute approximate surface area is 82.6 Å². The molecule has 2 saturated heterocycles. The van der Waals surface area contributed by atoms with Crippen molar-refractivity contribution < 1.29 is 14.2 Å². The molecule has 1 aromatic carbocycles. The van der Waals surface area contributed by atoms with Crippen molar-refractivity contribution in [2.45, 2.75) is 18.5 Å². The van der Waals surface area contributed by atoms with Crippen LogP contribution in [0.5, 0.6) is 0 Å². The van der Waals surface area contributed by atoms with E-state index in [1.165, 1.54) is 0 Å². The molecule has 0 N–H and O–H groups in total. The van der Waals surface area contributed by atoms with Gasteiger partial charge in [-0.15, -0.1) is 0 Å². The van der Waals surface area contributed by atoms with Crippen molar-refractivity contribution in [3.63, 3.8) is 0 Å². The van der Waals surface area contributed by atoms with Gasteiger partial charge in [-0.2, -0.15) is 0 Å². The molecule has 14 heavy (non-hydrogen) atoms. The molecular formula is C11H12O3. The maximum absolute atomic E-state index is 5.72. The second kappa shape index (κ2) is 3.35. The minimum atomic E-state index is -0.203. The van der Waals surface area contributed by atoms with Crippen LogP contribution in [0.3, 0.4) is 0 Å². The Bertz CT molecular complexity index is 308. The molecule has 3 rings (SSSR count). The topological polar surface area (TPSA) is 31.0 Å². The average molecular weight is 192 g/mol.